The molecule has 1 aromatic heterocycles. The van der Waals surface area contributed by atoms with Gasteiger partial charge in [0.15, 0.2) is 11.0 Å². The Morgan fingerprint density at radius 1 is 1.19 bits per heavy atom. The van der Waals surface area contributed by atoms with Crippen LogP contribution in [-0.2, 0) is 18.0 Å². The van der Waals surface area contributed by atoms with Gasteiger partial charge in [0.05, 0.1) is 24.9 Å². The molecule has 0 spiro atoms. The van der Waals surface area contributed by atoms with E-state index in [2.05, 4.69) is 15.0 Å². The van der Waals surface area contributed by atoms with Gasteiger partial charge >= 0.3 is 0 Å². The van der Waals surface area contributed by atoms with Crippen molar-refractivity contribution in [1.82, 2.24) is 15.0 Å². The molecule has 5 nitrogen and oxygen atoms in total. The predicted molar refractivity (Wildman–Crippen MR) is 102 cm³/mol. The molecule has 0 atom stereocenters. The van der Waals surface area contributed by atoms with Crippen LogP contribution in [0.4, 0.5) is 10.3 Å². The summed E-state index contributed by atoms with van der Waals surface area (Å²) in [6, 6.07) is 7.92. The van der Waals surface area contributed by atoms with E-state index in [1.807, 2.05) is 24.3 Å². The van der Waals surface area contributed by atoms with E-state index in [-0.39, 0.29) is 12.6 Å². The quantitative estimate of drug-likeness (QED) is 0.513. The Morgan fingerprint density at radius 2 is 2.04 bits per heavy atom. The van der Waals surface area contributed by atoms with E-state index in [0.717, 1.165) is 27.5 Å². The number of nitrogens with two attached hydrogens (primary N) is 1. The molecule has 2 aromatic carbocycles. The van der Waals surface area contributed by atoms with Crippen LogP contribution in [0.5, 0.6) is 0 Å². The second-order valence-corrected chi connectivity index (χ2v) is 7.39. The molecule has 0 aliphatic carbocycles. The van der Waals surface area contributed by atoms with Crippen LogP contribution in [-0.4, -0.2) is 27.4 Å². The molecule has 2 heterocycles. The lowest BCUT2D eigenvalue weighted by Crippen LogP contribution is -2.07. The van der Waals surface area contributed by atoms with Crippen molar-refractivity contribution in [2.24, 2.45) is 0 Å². The van der Waals surface area contributed by atoms with Gasteiger partial charge in [-0.05, 0) is 34.4 Å². The lowest BCUT2D eigenvalue weighted by atomic mass is 9.94. The molecule has 0 fully saturated rings. The van der Waals surface area contributed by atoms with Gasteiger partial charge < -0.3 is 10.5 Å². The van der Waals surface area contributed by atoms with Crippen molar-refractivity contribution in [3.05, 3.63) is 40.4 Å². The monoisotopic (exact) mass is 390 g/mol. The molecular formula is C18H16ClFN4OS. The minimum Gasteiger partial charge on any atom is -0.372 e. The summed E-state index contributed by atoms with van der Waals surface area (Å²) in [5, 5.41) is 3.11. The second-order valence-electron chi connectivity index (χ2n) is 5.92. The summed E-state index contributed by atoms with van der Waals surface area (Å²) < 4.78 is 18.0. The van der Waals surface area contributed by atoms with Gasteiger partial charge in [-0.3, -0.25) is 4.39 Å². The third-order valence-electron chi connectivity index (χ3n) is 4.16. The van der Waals surface area contributed by atoms with Gasteiger partial charge in [0.25, 0.3) is 0 Å². The summed E-state index contributed by atoms with van der Waals surface area (Å²) in [6.07, 6.45) is 0.438. The zero-order chi connectivity index (χ0) is 18.1. The zero-order valence-electron chi connectivity index (χ0n) is 13.8. The summed E-state index contributed by atoms with van der Waals surface area (Å²) in [6.45, 7) is 0.718. The second kappa shape index (κ2) is 7.34. The third kappa shape index (κ3) is 3.22. The van der Waals surface area contributed by atoms with E-state index >= 15 is 0 Å². The molecule has 8 heteroatoms. The van der Waals surface area contributed by atoms with Crippen molar-refractivity contribution in [2.75, 3.05) is 18.2 Å². The first kappa shape index (κ1) is 17.5. The number of benzene rings is 2. The molecule has 0 unspecified atom stereocenters. The fraction of sp³-hybridized carbons (Fsp3) is 0.278. The van der Waals surface area contributed by atoms with Crippen LogP contribution in [0.3, 0.4) is 0 Å². The van der Waals surface area contributed by atoms with Crippen LogP contribution in [0, 0.1) is 0 Å². The zero-order valence-corrected chi connectivity index (χ0v) is 15.4. The number of nitrogens with zero attached hydrogens (tertiary/aromatic N) is 3. The predicted octanol–water partition coefficient (Wildman–Crippen LogP) is 4.41. The lowest BCUT2D eigenvalue weighted by molar-refractivity contribution is 0.103. The molecule has 2 N–H and O–H groups in total. The van der Waals surface area contributed by atoms with Crippen LogP contribution in [0.25, 0.3) is 22.2 Å². The average Bonchev–Trinajstić information content (AvgIpc) is 2.62. The Kier molecular flexibility index (Phi) is 4.93. The fourth-order valence-corrected chi connectivity index (χ4v) is 4.18. The first-order valence-corrected chi connectivity index (χ1v) is 9.55. The Labute approximate surface area is 159 Å². The van der Waals surface area contributed by atoms with Gasteiger partial charge in [-0.15, -0.1) is 0 Å². The molecule has 134 valence electrons. The molecule has 3 aromatic rings. The highest BCUT2D eigenvalue weighted by Crippen LogP contribution is 2.39. The molecule has 1 aliphatic heterocycles. The number of anilines is 1. The van der Waals surface area contributed by atoms with E-state index in [0.29, 0.717) is 41.4 Å². The lowest BCUT2D eigenvalue weighted by Gasteiger charge is -2.20. The number of hydrogen-bond acceptors (Lipinski definition) is 6. The van der Waals surface area contributed by atoms with Crippen molar-refractivity contribution < 1.29 is 9.13 Å². The summed E-state index contributed by atoms with van der Waals surface area (Å²) in [7, 11) is 0. The summed E-state index contributed by atoms with van der Waals surface area (Å²) >= 11 is 7.93. The minimum atomic E-state index is -0.372. The van der Waals surface area contributed by atoms with Crippen LogP contribution in [0.15, 0.2) is 29.4 Å². The highest BCUT2D eigenvalue weighted by molar-refractivity contribution is 7.99. The molecular weight excluding hydrogens is 375 g/mol. The van der Waals surface area contributed by atoms with Crippen LogP contribution in [0.1, 0.15) is 17.5 Å². The standard InChI is InChI=1S/C18H16ClFN4OS/c19-13-7-11-9-25-8-10-3-1-4-12(14(10)11)15(13)16-22-17(21)24-18(23-16)26-6-2-5-20/h1,3-4,7H,2,5-6,8-9H2,(H2,21,22,23,24). The van der Waals surface area contributed by atoms with Gasteiger partial charge in [0.1, 0.15) is 0 Å². The smallest absolute Gasteiger partial charge is 0.224 e. The van der Waals surface area contributed by atoms with E-state index in [9.17, 15) is 4.39 Å². The Balaban J connectivity index is 1.87. The SMILES string of the molecule is Nc1nc(SCCCF)nc(-c2c(Cl)cc3c4c(cccc24)COC3)n1. The number of halogens is 2. The summed E-state index contributed by atoms with van der Waals surface area (Å²) in [4.78, 5) is 12.9. The number of alkyl halides is 1. The van der Waals surface area contributed by atoms with Crippen LogP contribution >= 0.6 is 23.4 Å². The number of nitrogen functional groups attached to an aromatic ring is 1. The van der Waals surface area contributed by atoms with Crippen molar-refractivity contribution in [2.45, 2.75) is 24.8 Å². The summed E-state index contributed by atoms with van der Waals surface area (Å²) in [5.41, 5.74) is 8.77. The van der Waals surface area contributed by atoms with E-state index in [4.69, 9.17) is 22.1 Å². The molecule has 0 saturated heterocycles. The van der Waals surface area contributed by atoms with Crippen molar-refractivity contribution in [3.63, 3.8) is 0 Å². The maximum Gasteiger partial charge on any atom is 0.224 e. The number of ether oxygens (including phenoxy) is 1. The molecule has 4 rings (SSSR count). The Hall–Kier alpha value is -1.96. The molecule has 0 bridgehead atoms. The van der Waals surface area contributed by atoms with Gasteiger partial charge in [-0.1, -0.05) is 41.6 Å². The molecule has 0 amide bonds. The first-order chi connectivity index (χ1) is 12.7. The topological polar surface area (TPSA) is 73.9 Å². The normalized spacial score (nSPS) is 13.3. The molecule has 0 saturated carbocycles. The van der Waals surface area contributed by atoms with Crippen molar-refractivity contribution in [3.8, 4) is 11.4 Å². The first-order valence-electron chi connectivity index (χ1n) is 8.19. The highest BCUT2D eigenvalue weighted by atomic mass is 35.5. The summed E-state index contributed by atoms with van der Waals surface area (Å²) in [5.74, 6) is 1.13. The van der Waals surface area contributed by atoms with Crippen LogP contribution in [0.2, 0.25) is 5.02 Å². The van der Waals surface area contributed by atoms with Crippen molar-refractivity contribution in [1.29, 1.82) is 0 Å². The van der Waals surface area contributed by atoms with E-state index in [1.54, 1.807) is 0 Å². The maximum absolute atomic E-state index is 12.3. The fourth-order valence-electron chi connectivity index (χ4n) is 3.11. The van der Waals surface area contributed by atoms with Crippen molar-refractivity contribution >= 4 is 40.1 Å². The van der Waals surface area contributed by atoms with Gasteiger partial charge in [-0.25, -0.2) is 4.98 Å². The highest BCUT2D eigenvalue weighted by Gasteiger charge is 2.20. The maximum atomic E-state index is 12.3. The molecule has 26 heavy (non-hydrogen) atoms. The Morgan fingerprint density at radius 3 is 2.88 bits per heavy atom. The molecule has 0 radical (unpaired) electrons. The number of aromatic nitrogens is 3. The Bertz CT molecular complexity index is 985. The van der Waals surface area contributed by atoms with Gasteiger partial charge in [-0.2, -0.15) is 9.97 Å². The van der Waals surface area contributed by atoms with E-state index < -0.39 is 0 Å². The average molecular weight is 391 g/mol. The number of hydrogen-bond donors (Lipinski definition) is 1. The minimum absolute atomic E-state index is 0.123. The van der Waals surface area contributed by atoms with E-state index in [1.165, 1.54) is 11.8 Å². The third-order valence-corrected chi connectivity index (χ3v) is 5.39. The number of rotatable bonds is 5. The van der Waals surface area contributed by atoms with Gasteiger partial charge in [0, 0.05) is 11.3 Å². The molecule has 1 aliphatic rings. The number of thioether (sulfide) groups is 1. The largest absolute Gasteiger partial charge is 0.372 e. The van der Waals surface area contributed by atoms with Gasteiger partial charge in [0.2, 0.25) is 5.95 Å². The van der Waals surface area contributed by atoms with Crippen LogP contribution < -0.4 is 5.73 Å².